The van der Waals surface area contributed by atoms with E-state index < -0.39 is 29.5 Å². The van der Waals surface area contributed by atoms with Crippen LogP contribution in [0.25, 0.3) is 0 Å². The van der Waals surface area contributed by atoms with Gasteiger partial charge in [0.15, 0.2) is 5.81 Å². The monoisotopic (exact) mass is 239 g/mol. The van der Waals surface area contributed by atoms with Crippen LogP contribution in [0.15, 0.2) is 18.2 Å². The minimum atomic E-state index is -1.34. The highest BCUT2D eigenvalue weighted by atomic mass is 19.1. The number of carbonyl (C=O) groups excluding carboxylic acids is 1. The molecule has 4 nitrogen and oxygen atoms in total. The van der Waals surface area contributed by atoms with Crippen LogP contribution >= 0.6 is 0 Å². The van der Waals surface area contributed by atoms with Crippen molar-refractivity contribution >= 4 is 19.6 Å². The minimum Gasteiger partial charge on any atom is -0.480 e. The molecule has 0 bridgehead atoms. The van der Waals surface area contributed by atoms with Crippen molar-refractivity contribution < 1.29 is 23.5 Å². The van der Waals surface area contributed by atoms with Crippen molar-refractivity contribution in [2.24, 2.45) is 0 Å². The summed E-state index contributed by atoms with van der Waals surface area (Å²) in [7, 11) is 4.78. The average Bonchev–Trinajstić information content (AvgIpc) is 2.13. The van der Waals surface area contributed by atoms with Crippen LogP contribution in [0.4, 0.5) is 13.6 Å². The van der Waals surface area contributed by atoms with E-state index in [9.17, 15) is 18.4 Å². The lowest BCUT2D eigenvalue weighted by molar-refractivity contribution is -0.139. The summed E-state index contributed by atoms with van der Waals surface area (Å²) < 4.78 is 25.7. The standard InChI is InChI=1S/C10H8BF2NO3/c11-10(17)14-8(9(15)16)3-5-1-6(12)4-7(13)2-5/h1-2,4,8H,3H2,(H,14,17)(H,15,16)/t8-/m0/s1. The van der Waals surface area contributed by atoms with E-state index in [1.54, 1.807) is 0 Å². The molecular formula is C10H8BF2NO3. The van der Waals surface area contributed by atoms with Crippen LogP contribution in [0, 0.1) is 11.6 Å². The molecule has 88 valence electrons. The van der Waals surface area contributed by atoms with Crippen LogP contribution in [-0.2, 0) is 11.2 Å². The first-order valence-electron chi connectivity index (χ1n) is 4.62. The number of hydrogen-bond acceptors (Lipinski definition) is 2. The molecule has 1 aromatic carbocycles. The van der Waals surface area contributed by atoms with Gasteiger partial charge < -0.3 is 10.4 Å². The predicted molar refractivity (Wildman–Crippen MR) is 55.8 cm³/mol. The third-order valence-electron chi connectivity index (χ3n) is 1.98. The molecule has 0 fully saturated rings. The molecule has 1 aromatic rings. The number of nitrogens with one attached hydrogen (secondary N) is 1. The largest absolute Gasteiger partial charge is 0.480 e. The highest BCUT2D eigenvalue weighted by Crippen LogP contribution is 2.10. The summed E-state index contributed by atoms with van der Waals surface area (Å²) in [6.45, 7) is 0. The SMILES string of the molecule is [B]C(=O)N[C@@H](Cc1cc(F)cc(F)c1)C(=O)O. The molecule has 0 heterocycles. The van der Waals surface area contributed by atoms with Crippen molar-refractivity contribution in [3.8, 4) is 0 Å². The van der Waals surface area contributed by atoms with Crippen LogP contribution < -0.4 is 5.32 Å². The van der Waals surface area contributed by atoms with Gasteiger partial charge in [0.1, 0.15) is 17.7 Å². The predicted octanol–water partition coefficient (Wildman–Crippen LogP) is 0.839. The van der Waals surface area contributed by atoms with Gasteiger partial charge in [-0.25, -0.2) is 13.6 Å². The first-order chi connectivity index (χ1) is 7.88. The number of aliphatic carboxylic acids is 1. The summed E-state index contributed by atoms with van der Waals surface area (Å²) >= 11 is 0. The summed E-state index contributed by atoms with van der Waals surface area (Å²) in [6, 6.07) is 1.32. The third kappa shape index (κ3) is 4.22. The maximum absolute atomic E-state index is 12.8. The summed E-state index contributed by atoms with van der Waals surface area (Å²) in [4.78, 5) is 21.3. The van der Waals surface area contributed by atoms with Crippen LogP contribution in [0.5, 0.6) is 0 Å². The molecule has 0 aromatic heterocycles. The van der Waals surface area contributed by atoms with Gasteiger partial charge in [0.2, 0.25) is 7.85 Å². The molecule has 0 aliphatic rings. The molecule has 2 N–H and O–H groups in total. The Morgan fingerprint density at radius 3 is 2.24 bits per heavy atom. The van der Waals surface area contributed by atoms with E-state index in [1.807, 2.05) is 5.32 Å². The van der Waals surface area contributed by atoms with Crippen molar-refractivity contribution in [2.75, 3.05) is 0 Å². The second-order valence-corrected chi connectivity index (χ2v) is 3.38. The van der Waals surface area contributed by atoms with E-state index in [1.165, 1.54) is 0 Å². The molecule has 1 amide bonds. The molecule has 0 spiro atoms. The highest BCUT2D eigenvalue weighted by molar-refractivity contribution is 6.57. The van der Waals surface area contributed by atoms with Crippen molar-refractivity contribution in [3.63, 3.8) is 0 Å². The molecule has 1 rings (SSSR count). The van der Waals surface area contributed by atoms with Gasteiger partial charge in [-0.15, -0.1) is 0 Å². The molecular weight excluding hydrogens is 231 g/mol. The molecule has 7 heteroatoms. The van der Waals surface area contributed by atoms with Crippen molar-refractivity contribution in [1.29, 1.82) is 0 Å². The Bertz CT molecular complexity index is 433. The number of carboxylic acids is 1. The zero-order chi connectivity index (χ0) is 13.0. The van der Waals surface area contributed by atoms with E-state index in [0.29, 0.717) is 6.07 Å². The van der Waals surface area contributed by atoms with Gasteiger partial charge in [-0.1, -0.05) is 0 Å². The number of halogens is 2. The number of benzene rings is 1. The van der Waals surface area contributed by atoms with Crippen LogP contribution in [-0.4, -0.2) is 30.8 Å². The molecule has 2 radical (unpaired) electrons. The van der Waals surface area contributed by atoms with E-state index >= 15 is 0 Å². The maximum atomic E-state index is 12.8. The van der Waals surface area contributed by atoms with Crippen molar-refractivity contribution in [3.05, 3.63) is 35.4 Å². The Labute approximate surface area is 97.0 Å². The summed E-state index contributed by atoms with van der Waals surface area (Å²) in [5.74, 6) is -3.99. The quantitative estimate of drug-likeness (QED) is 0.765. The van der Waals surface area contributed by atoms with Gasteiger partial charge in [-0.3, -0.25) is 4.79 Å². The van der Waals surface area contributed by atoms with Gasteiger partial charge in [0, 0.05) is 12.5 Å². The number of amides is 1. The second-order valence-electron chi connectivity index (χ2n) is 3.38. The lowest BCUT2D eigenvalue weighted by Gasteiger charge is -2.13. The van der Waals surface area contributed by atoms with Crippen molar-refractivity contribution in [1.82, 2.24) is 5.32 Å². The number of carboxylic acid groups (broad SMARTS) is 1. The first kappa shape index (κ1) is 13.2. The lowest BCUT2D eigenvalue weighted by atomic mass is 10.0. The normalized spacial score (nSPS) is 11.9. The van der Waals surface area contributed by atoms with Crippen LogP contribution in [0.1, 0.15) is 5.56 Å². The van der Waals surface area contributed by atoms with E-state index in [-0.39, 0.29) is 12.0 Å². The molecule has 0 aliphatic heterocycles. The van der Waals surface area contributed by atoms with Gasteiger partial charge in [0.05, 0.1) is 0 Å². The van der Waals surface area contributed by atoms with Crippen LogP contribution in [0.3, 0.4) is 0 Å². The van der Waals surface area contributed by atoms with Crippen LogP contribution in [0.2, 0.25) is 0 Å². The fourth-order valence-corrected chi connectivity index (χ4v) is 1.34. The smallest absolute Gasteiger partial charge is 0.326 e. The van der Waals surface area contributed by atoms with Gasteiger partial charge in [0.25, 0.3) is 0 Å². The summed E-state index contributed by atoms with van der Waals surface area (Å²) in [6.07, 6.45) is -0.257. The maximum Gasteiger partial charge on any atom is 0.326 e. The third-order valence-corrected chi connectivity index (χ3v) is 1.98. The fourth-order valence-electron chi connectivity index (χ4n) is 1.34. The Morgan fingerprint density at radius 1 is 1.29 bits per heavy atom. The number of hydrogen-bond donors (Lipinski definition) is 2. The summed E-state index contributed by atoms with van der Waals surface area (Å²) in [5, 5.41) is 10.7. The Hall–Kier alpha value is -1.92. The van der Waals surface area contributed by atoms with E-state index in [0.717, 1.165) is 12.1 Å². The number of rotatable bonds is 4. The van der Waals surface area contributed by atoms with Gasteiger partial charge in [-0.05, 0) is 17.7 Å². The molecule has 0 saturated heterocycles. The van der Waals surface area contributed by atoms with Crippen molar-refractivity contribution in [2.45, 2.75) is 12.5 Å². The summed E-state index contributed by atoms with van der Waals surface area (Å²) in [5.41, 5.74) is 0.114. The molecule has 17 heavy (non-hydrogen) atoms. The first-order valence-corrected chi connectivity index (χ1v) is 4.62. The molecule has 0 aliphatic carbocycles. The zero-order valence-electron chi connectivity index (χ0n) is 8.61. The Morgan fingerprint density at radius 2 is 1.82 bits per heavy atom. The molecule has 0 unspecified atom stereocenters. The second kappa shape index (κ2) is 5.42. The van der Waals surface area contributed by atoms with Gasteiger partial charge in [-0.2, -0.15) is 0 Å². The van der Waals surface area contributed by atoms with Gasteiger partial charge >= 0.3 is 5.97 Å². The minimum absolute atomic E-state index is 0.114. The van der Waals surface area contributed by atoms with E-state index in [2.05, 4.69) is 0 Å². The zero-order valence-corrected chi connectivity index (χ0v) is 8.61. The topological polar surface area (TPSA) is 66.4 Å². The number of carbonyl (C=O) groups is 2. The lowest BCUT2D eigenvalue weighted by Crippen LogP contribution is -2.41. The Balaban J connectivity index is 2.85. The average molecular weight is 239 g/mol. The highest BCUT2D eigenvalue weighted by Gasteiger charge is 2.19. The molecule has 1 atom stereocenters. The van der Waals surface area contributed by atoms with E-state index in [4.69, 9.17) is 13.0 Å². The Kier molecular flexibility index (Phi) is 4.20. The fraction of sp³-hybridized carbons (Fsp3) is 0.200. The molecule has 0 saturated carbocycles.